The topological polar surface area (TPSA) is 91.7 Å². The van der Waals surface area contributed by atoms with Crippen LogP contribution in [0.5, 0.6) is 0 Å². The van der Waals surface area contributed by atoms with Crippen LogP contribution < -0.4 is 11.3 Å². The smallest absolute Gasteiger partial charge is 0.301 e. The van der Waals surface area contributed by atoms with Gasteiger partial charge in [0.15, 0.2) is 5.76 Å². The van der Waals surface area contributed by atoms with E-state index < -0.39 is 5.91 Å². The van der Waals surface area contributed by atoms with Crippen LogP contribution in [0.4, 0.5) is 0 Å². The normalized spacial score (nSPS) is 16.0. The number of furan rings is 1. The van der Waals surface area contributed by atoms with E-state index in [0.29, 0.717) is 19.1 Å². The van der Waals surface area contributed by atoms with Crippen LogP contribution >= 0.6 is 0 Å². The molecule has 1 aliphatic rings. The van der Waals surface area contributed by atoms with Gasteiger partial charge >= 0.3 is 5.91 Å². The van der Waals surface area contributed by atoms with Gasteiger partial charge < -0.3 is 9.52 Å². The second kappa shape index (κ2) is 6.88. The van der Waals surface area contributed by atoms with Gasteiger partial charge in [-0.2, -0.15) is 0 Å². The minimum Gasteiger partial charge on any atom is -0.454 e. The highest BCUT2D eigenvalue weighted by atomic mass is 16.4. The number of rotatable bonds is 6. The summed E-state index contributed by atoms with van der Waals surface area (Å²) in [6.45, 7) is 3.20. The zero-order chi connectivity index (χ0) is 14.5. The molecule has 1 fully saturated rings. The van der Waals surface area contributed by atoms with Crippen LogP contribution in [0.15, 0.2) is 10.5 Å². The number of nitrogens with two attached hydrogens (primary N) is 1. The standard InChI is InChI=1S/C14H23N3O3/c1-10-8-12(20-13(10)14(19)16-15)9-17(6-7-18)11-4-2-3-5-11/h8,11,18H,2-7,9,15H2,1H3,(H,16,19). The number of amides is 1. The highest BCUT2D eigenvalue weighted by Crippen LogP contribution is 2.25. The van der Waals surface area contributed by atoms with E-state index >= 15 is 0 Å². The van der Waals surface area contributed by atoms with E-state index in [1.807, 2.05) is 13.0 Å². The van der Waals surface area contributed by atoms with Crippen LogP contribution in [0.2, 0.25) is 0 Å². The maximum absolute atomic E-state index is 11.5. The van der Waals surface area contributed by atoms with Crippen molar-refractivity contribution in [1.29, 1.82) is 0 Å². The molecular weight excluding hydrogens is 258 g/mol. The number of nitrogen functional groups attached to an aromatic ring is 1. The van der Waals surface area contributed by atoms with E-state index in [0.717, 1.165) is 24.2 Å². The zero-order valence-electron chi connectivity index (χ0n) is 11.9. The van der Waals surface area contributed by atoms with Gasteiger partial charge in [-0.25, -0.2) is 5.84 Å². The van der Waals surface area contributed by atoms with Crippen molar-refractivity contribution >= 4 is 5.91 Å². The van der Waals surface area contributed by atoms with Gasteiger partial charge in [-0.3, -0.25) is 15.1 Å². The predicted molar refractivity (Wildman–Crippen MR) is 74.9 cm³/mol. The van der Waals surface area contributed by atoms with Crippen LogP contribution in [0.3, 0.4) is 0 Å². The highest BCUT2D eigenvalue weighted by molar-refractivity contribution is 5.92. The van der Waals surface area contributed by atoms with Crippen molar-refractivity contribution in [3.05, 3.63) is 23.2 Å². The van der Waals surface area contributed by atoms with E-state index in [2.05, 4.69) is 10.3 Å². The van der Waals surface area contributed by atoms with E-state index in [9.17, 15) is 9.90 Å². The lowest BCUT2D eigenvalue weighted by molar-refractivity contribution is 0.0916. The molecule has 1 saturated carbocycles. The number of hydrazine groups is 1. The quantitative estimate of drug-likeness (QED) is 0.410. The van der Waals surface area contributed by atoms with Gasteiger partial charge in [0.05, 0.1) is 13.2 Å². The van der Waals surface area contributed by atoms with Crippen LogP contribution in [-0.2, 0) is 6.54 Å². The van der Waals surface area contributed by atoms with Crippen molar-refractivity contribution in [2.75, 3.05) is 13.2 Å². The average molecular weight is 281 g/mol. The molecule has 1 aromatic heterocycles. The van der Waals surface area contributed by atoms with Crippen LogP contribution in [0.1, 0.15) is 47.6 Å². The third kappa shape index (κ3) is 3.39. The Morgan fingerprint density at radius 3 is 2.85 bits per heavy atom. The van der Waals surface area contributed by atoms with Crippen molar-refractivity contribution in [3.8, 4) is 0 Å². The van der Waals surface area contributed by atoms with E-state index in [4.69, 9.17) is 10.3 Å². The summed E-state index contributed by atoms with van der Waals surface area (Å²) in [5.74, 6) is 5.71. The molecule has 6 nitrogen and oxygen atoms in total. The number of aliphatic hydroxyl groups is 1. The number of nitrogens with zero attached hydrogens (tertiary/aromatic N) is 1. The second-order valence-electron chi connectivity index (χ2n) is 5.33. The summed E-state index contributed by atoms with van der Waals surface area (Å²) in [5, 5.41) is 9.21. The Labute approximate surface area is 118 Å². The molecule has 0 aliphatic heterocycles. The number of aryl methyl sites for hydroxylation is 1. The lowest BCUT2D eigenvalue weighted by atomic mass is 10.2. The summed E-state index contributed by atoms with van der Waals surface area (Å²) >= 11 is 0. The van der Waals surface area contributed by atoms with Crippen molar-refractivity contribution < 1.29 is 14.3 Å². The summed E-state index contributed by atoms with van der Waals surface area (Å²) in [6, 6.07) is 2.36. The van der Waals surface area contributed by atoms with Gasteiger partial charge in [0.1, 0.15) is 5.76 Å². The third-order valence-electron chi connectivity index (χ3n) is 3.89. The lowest BCUT2D eigenvalue weighted by Gasteiger charge is -2.26. The largest absolute Gasteiger partial charge is 0.454 e. The Balaban J connectivity index is 2.08. The molecule has 0 spiro atoms. The van der Waals surface area contributed by atoms with Crippen molar-refractivity contribution in [2.24, 2.45) is 5.84 Å². The molecule has 112 valence electrons. The Morgan fingerprint density at radius 2 is 2.25 bits per heavy atom. The number of hydrogen-bond donors (Lipinski definition) is 3. The van der Waals surface area contributed by atoms with Crippen molar-refractivity contribution in [2.45, 2.75) is 45.2 Å². The summed E-state index contributed by atoms with van der Waals surface area (Å²) in [5.41, 5.74) is 2.86. The van der Waals surface area contributed by atoms with Gasteiger partial charge in [0, 0.05) is 18.2 Å². The monoisotopic (exact) mass is 281 g/mol. The summed E-state index contributed by atoms with van der Waals surface area (Å²) < 4.78 is 5.59. The Morgan fingerprint density at radius 1 is 1.55 bits per heavy atom. The SMILES string of the molecule is Cc1cc(CN(CCO)C2CCCC2)oc1C(=O)NN. The molecule has 1 heterocycles. The first kappa shape index (κ1) is 15.0. The Bertz CT molecular complexity index is 453. The number of hydrogen-bond acceptors (Lipinski definition) is 5. The van der Waals surface area contributed by atoms with Gasteiger partial charge in [0.25, 0.3) is 0 Å². The highest BCUT2D eigenvalue weighted by Gasteiger charge is 2.24. The van der Waals surface area contributed by atoms with E-state index in [-0.39, 0.29) is 12.4 Å². The molecule has 0 unspecified atom stereocenters. The van der Waals surface area contributed by atoms with Crippen LogP contribution in [-0.4, -0.2) is 35.1 Å². The van der Waals surface area contributed by atoms with Gasteiger partial charge in [-0.15, -0.1) is 0 Å². The molecule has 0 bridgehead atoms. The molecule has 4 N–H and O–H groups in total. The van der Waals surface area contributed by atoms with E-state index in [1.54, 1.807) is 0 Å². The first-order valence-corrected chi connectivity index (χ1v) is 7.11. The summed E-state index contributed by atoms with van der Waals surface area (Å²) in [6.07, 6.45) is 4.81. The first-order chi connectivity index (χ1) is 9.65. The number of carbonyl (C=O) groups excluding carboxylic acids is 1. The molecule has 6 heteroatoms. The molecule has 1 amide bonds. The summed E-state index contributed by atoms with van der Waals surface area (Å²) in [7, 11) is 0. The van der Waals surface area contributed by atoms with Crippen LogP contribution in [0.25, 0.3) is 0 Å². The molecule has 0 saturated heterocycles. The second-order valence-corrected chi connectivity index (χ2v) is 5.33. The zero-order valence-corrected chi connectivity index (χ0v) is 11.9. The van der Waals surface area contributed by atoms with Crippen LogP contribution in [0, 0.1) is 6.92 Å². The van der Waals surface area contributed by atoms with Gasteiger partial charge in [-0.05, 0) is 25.8 Å². The Hall–Kier alpha value is -1.37. The average Bonchev–Trinajstić information content (AvgIpc) is 3.07. The molecule has 2 rings (SSSR count). The third-order valence-corrected chi connectivity index (χ3v) is 3.89. The molecule has 0 aromatic carbocycles. The molecule has 0 radical (unpaired) electrons. The molecular formula is C14H23N3O3. The minimum atomic E-state index is -0.414. The fraction of sp³-hybridized carbons (Fsp3) is 0.643. The van der Waals surface area contributed by atoms with E-state index in [1.165, 1.54) is 12.8 Å². The first-order valence-electron chi connectivity index (χ1n) is 7.11. The fourth-order valence-corrected chi connectivity index (χ4v) is 2.91. The van der Waals surface area contributed by atoms with Crippen molar-refractivity contribution in [1.82, 2.24) is 10.3 Å². The Kier molecular flexibility index (Phi) is 5.17. The lowest BCUT2D eigenvalue weighted by Crippen LogP contribution is -2.35. The molecule has 20 heavy (non-hydrogen) atoms. The number of aliphatic hydroxyl groups excluding tert-OH is 1. The number of carbonyl (C=O) groups is 1. The molecule has 1 aromatic rings. The number of nitrogens with one attached hydrogen (secondary N) is 1. The van der Waals surface area contributed by atoms with Gasteiger partial charge in [0.2, 0.25) is 0 Å². The minimum absolute atomic E-state index is 0.131. The maximum atomic E-state index is 11.5. The molecule has 1 aliphatic carbocycles. The maximum Gasteiger partial charge on any atom is 0.301 e. The predicted octanol–water partition coefficient (Wildman–Crippen LogP) is 0.928. The fourth-order valence-electron chi connectivity index (χ4n) is 2.91. The van der Waals surface area contributed by atoms with Gasteiger partial charge in [-0.1, -0.05) is 12.8 Å². The summed E-state index contributed by atoms with van der Waals surface area (Å²) in [4.78, 5) is 13.8. The van der Waals surface area contributed by atoms with Crippen molar-refractivity contribution in [3.63, 3.8) is 0 Å². The molecule has 0 atom stereocenters.